The van der Waals surface area contributed by atoms with Gasteiger partial charge in [-0.2, -0.15) is 0 Å². The van der Waals surface area contributed by atoms with Crippen molar-refractivity contribution >= 4 is 0 Å². The first kappa shape index (κ1) is 15.2. The standard InChI is InChI=1S/C19H22FNO/c1-13(10-19(22)14-6-8-17(20)9-7-14)21-18-11-15-4-2-3-5-16(15)12-18/h2-9,13,18-19,21-22H,10-12H2,1H3. The van der Waals surface area contributed by atoms with Gasteiger partial charge in [-0.15, -0.1) is 0 Å². The Kier molecular flexibility index (Phi) is 4.55. The Morgan fingerprint density at radius 3 is 2.27 bits per heavy atom. The van der Waals surface area contributed by atoms with Gasteiger partial charge >= 0.3 is 0 Å². The van der Waals surface area contributed by atoms with Crippen molar-refractivity contribution in [1.82, 2.24) is 5.32 Å². The number of halogens is 1. The Labute approximate surface area is 131 Å². The van der Waals surface area contributed by atoms with Crippen LogP contribution in [0, 0.1) is 5.82 Å². The van der Waals surface area contributed by atoms with Gasteiger partial charge in [0, 0.05) is 12.1 Å². The summed E-state index contributed by atoms with van der Waals surface area (Å²) in [6.45, 7) is 2.09. The molecular formula is C19H22FNO. The molecule has 1 aliphatic carbocycles. The van der Waals surface area contributed by atoms with Crippen LogP contribution in [0.1, 0.15) is 36.1 Å². The molecule has 0 aromatic heterocycles. The molecule has 2 aromatic rings. The van der Waals surface area contributed by atoms with E-state index in [1.165, 1.54) is 23.3 Å². The molecule has 1 aliphatic rings. The number of fused-ring (bicyclic) bond motifs is 1. The molecule has 0 aliphatic heterocycles. The molecule has 22 heavy (non-hydrogen) atoms. The predicted molar refractivity (Wildman–Crippen MR) is 86.2 cm³/mol. The van der Waals surface area contributed by atoms with Gasteiger partial charge in [-0.25, -0.2) is 4.39 Å². The van der Waals surface area contributed by atoms with Crippen molar-refractivity contribution in [3.63, 3.8) is 0 Å². The highest BCUT2D eigenvalue weighted by atomic mass is 19.1. The van der Waals surface area contributed by atoms with E-state index in [4.69, 9.17) is 0 Å². The van der Waals surface area contributed by atoms with E-state index in [9.17, 15) is 9.50 Å². The van der Waals surface area contributed by atoms with Crippen LogP contribution in [-0.4, -0.2) is 17.2 Å². The molecule has 0 saturated carbocycles. The number of aliphatic hydroxyl groups is 1. The number of aliphatic hydroxyl groups excluding tert-OH is 1. The van der Waals surface area contributed by atoms with E-state index < -0.39 is 6.10 Å². The smallest absolute Gasteiger partial charge is 0.123 e. The van der Waals surface area contributed by atoms with Crippen LogP contribution in [0.15, 0.2) is 48.5 Å². The molecule has 2 unspecified atom stereocenters. The van der Waals surface area contributed by atoms with Crippen molar-refractivity contribution in [3.05, 3.63) is 71.0 Å². The second-order valence-corrected chi connectivity index (χ2v) is 6.24. The van der Waals surface area contributed by atoms with Crippen LogP contribution in [0.2, 0.25) is 0 Å². The molecule has 116 valence electrons. The maximum atomic E-state index is 12.9. The molecule has 3 heteroatoms. The third-order valence-electron chi connectivity index (χ3n) is 4.40. The van der Waals surface area contributed by atoms with Crippen molar-refractivity contribution in [3.8, 4) is 0 Å². The fraction of sp³-hybridized carbons (Fsp3) is 0.368. The Hall–Kier alpha value is -1.71. The van der Waals surface area contributed by atoms with E-state index in [-0.39, 0.29) is 11.9 Å². The molecule has 0 fully saturated rings. The zero-order chi connectivity index (χ0) is 15.5. The minimum Gasteiger partial charge on any atom is -0.388 e. The molecule has 0 spiro atoms. The first-order chi connectivity index (χ1) is 10.6. The normalized spacial score (nSPS) is 17.2. The van der Waals surface area contributed by atoms with Gasteiger partial charge in [0.15, 0.2) is 0 Å². The maximum Gasteiger partial charge on any atom is 0.123 e. The van der Waals surface area contributed by atoms with Crippen LogP contribution in [0.5, 0.6) is 0 Å². The van der Waals surface area contributed by atoms with E-state index in [1.807, 2.05) is 0 Å². The summed E-state index contributed by atoms with van der Waals surface area (Å²) in [7, 11) is 0. The lowest BCUT2D eigenvalue weighted by Crippen LogP contribution is -2.37. The maximum absolute atomic E-state index is 12.9. The number of hydrogen-bond donors (Lipinski definition) is 2. The number of rotatable bonds is 5. The third kappa shape index (κ3) is 3.54. The van der Waals surface area contributed by atoms with E-state index in [2.05, 4.69) is 36.5 Å². The lowest BCUT2D eigenvalue weighted by molar-refractivity contribution is 0.151. The molecule has 0 radical (unpaired) electrons. The highest BCUT2D eigenvalue weighted by molar-refractivity contribution is 5.33. The summed E-state index contributed by atoms with van der Waals surface area (Å²) in [6, 6.07) is 15.3. The summed E-state index contributed by atoms with van der Waals surface area (Å²) >= 11 is 0. The van der Waals surface area contributed by atoms with Gasteiger partial charge in [0.1, 0.15) is 5.82 Å². The van der Waals surface area contributed by atoms with Gasteiger partial charge in [-0.05, 0) is 55.0 Å². The zero-order valence-corrected chi connectivity index (χ0v) is 12.8. The molecular weight excluding hydrogens is 277 g/mol. The van der Waals surface area contributed by atoms with Crippen LogP contribution in [-0.2, 0) is 12.8 Å². The summed E-state index contributed by atoms with van der Waals surface area (Å²) in [5.41, 5.74) is 3.61. The van der Waals surface area contributed by atoms with Gasteiger partial charge in [-0.3, -0.25) is 0 Å². The topological polar surface area (TPSA) is 32.3 Å². The highest BCUT2D eigenvalue weighted by Gasteiger charge is 2.23. The second kappa shape index (κ2) is 6.59. The average molecular weight is 299 g/mol. The van der Waals surface area contributed by atoms with Crippen molar-refractivity contribution < 1.29 is 9.50 Å². The quantitative estimate of drug-likeness (QED) is 0.887. The van der Waals surface area contributed by atoms with E-state index in [0.29, 0.717) is 12.5 Å². The molecule has 2 nitrogen and oxygen atoms in total. The monoisotopic (exact) mass is 299 g/mol. The number of nitrogens with one attached hydrogen (secondary N) is 1. The Balaban J connectivity index is 1.53. The van der Waals surface area contributed by atoms with Crippen LogP contribution < -0.4 is 5.32 Å². The van der Waals surface area contributed by atoms with Crippen molar-refractivity contribution in [2.75, 3.05) is 0 Å². The molecule has 0 bridgehead atoms. The summed E-state index contributed by atoms with van der Waals surface area (Å²) in [4.78, 5) is 0. The van der Waals surface area contributed by atoms with Crippen LogP contribution in [0.4, 0.5) is 4.39 Å². The summed E-state index contributed by atoms with van der Waals surface area (Å²) in [5.74, 6) is -0.272. The molecule has 0 saturated heterocycles. The zero-order valence-electron chi connectivity index (χ0n) is 12.8. The third-order valence-corrected chi connectivity index (χ3v) is 4.40. The lowest BCUT2D eigenvalue weighted by atomic mass is 10.0. The molecule has 2 aromatic carbocycles. The number of benzene rings is 2. The van der Waals surface area contributed by atoms with Crippen molar-refractivity contribution in [2.24, 2.45) is 0 Å². The average Bonchev–Trinajstić information content (AvgIpc) is 2.89. The van der Waals surface area contributed by atoms with Gasteiger partial charge in [0.05, 0.1) is 6.10 Å². The number of hydrogen-bond acceptors (Lipinski definition) is 2. The van der Waals surface area contributed by atoms with Crippen molar-refractivity contribution in [2.45, 2.75) is 44.4 Å². The summed E-state index contributed by atoms with van der Waals surface area (Å²) < 4.78 is 12.9. The van der Waals surface area contributed by atoms with Crippen LogP contribution >= 0.6 is 0 Å². The highest BCUT2D eigenvalue weighted by Crippen LogP contribution is 2.23. The summed E-state index contributed by atoms with van der Waals surface area (Å²) in [5, 5.41) is 13.9. The Morgan fingerprint density at radius 1 is 1.09 bits per heavy atom. The van der Waals surface area contributed by atoms with Gasteiger partial charge in [0.2, 0.25) is 0 Å². The van der Waals surface area contributed by atoms with E-state index in [0.717, 1.165) is 18.4 Å². The first-order valence-corrected chi connectivity index (χ1v) is 7.88. The minimum atomic E-state index is -0.563. The first-order valence-electron chi connectivity index (χ1n) is 7.88. The Bertz CT molecular complexity index is 601. The lowest BCUT2D eigenvalue weighted by Gasteiger charge is -2.22. The van der Waals surface area contributed by atoms with Crippen LogP contribution in [0.25, 0.3) is 0 Å². The van der Waals surface area contributed by atoms with E-state index in [1.54, 1.807) is 12.1 Å². The summed E-state index contributed by atoms with van der Waals surface area (Å²) in [6.07, 6.45) is 2.16. The molecule has 3 rings (SSSR count). The van der Waals surface area contributed by atoms with Crippen molar-refractivity contribution in [1.29, 1.82) is 0 Å². The molecule has 0 amide bonds. The molecule has 0 heterocycles. The SMILES string of the molecule is CC(CC(O)c1ccc(F)cc1)NC1Cc2ccccc2C1. The molecule has 2 atom stereocenters. The Morgan fingerprint density at radius 2 is 1.68 bits per heavy atom. The fourth-order valence-electron chi connectivity index (χ4n) is 3.30. The van der Waals surface area contributed by atoms with Gasteiger partial charge in [-0.1, -0.05) is 36.4 Å². The molecule has 2 N–H and O–H groups in total. The van der Waals surface area contributed by atoms with E-state index >= 15 is 0 Å². The second-order valence-electron chi connectivity index (χ2n) is 6.24. The fourth-order valence-corrected chi connectivity index (χ4v) is 3.30. The largest absolute Gasteiger partial charge is 0.388 e. The van der Waals surface area contributed by atoms with Gasteiger partial charge < -0.3 is 10.4 Å². The van der Waals surface area contributed by atoms with Gasteiger partial charge in [0.25, 0.3) is 0 Å². The predicted octanol–water partition coefficient (Wildman–Crippen LogP) is 3.39. The minimum absolute atomic E-state index is 0.208. The van der Waals surface area contributed by atoms with Crippen LogP contribution in [0.3, 0.4) is 0 Å².